The maximum Gasteiger partial charge on any atom is 0.265 e. The van der Waals surface area contributed by atoms with Crippen molar-refractivity contribution < 1.29 is 13.2 Å². The lowest BCUT2D eigenvalue weighted by molar-refractivity contribution is 0.0992. The highest BCUT2D eigenvalue weighted by Gasteiger charge is 2.28. The average molecular weight is 425 g/mol. The van der Waals surface area contributed by atoms with Crippen molar-refractivity contribution >= 4 is 27.5 Å². The van der Waals surface area contributed by atoms with E-state index in [1.54, 1.807) is 19.2 Å². The van der Waals surface area contributed by atoms with Gasteiger partial charge in [0.05, 0.1) is 0 Å². The van der Waals surface area contributed by atoms with E-state index in [-0.39, 0.29) is 17.1 Å². The highest BCUT2D eigenvalue weighted by molar-refractivity contribution is 7.89. The molecule has 2 N–H and O–H groups in total. The molecule has 7 nitrogen and oxygen atoms in total. The van der Waals surface area contributed by atoms with Crippen LogP contribution in [-0.4, -0.2) is 54.3 Å². The standard InChI is InChI=1S/C19H25ClN4O3S/c1-22-14-17(12-18(22)19(21)25)28(26,27)24(11-10-23-8-2-3-9-23)13-15-4-6-16(20)7-5-15/h4-7,12,14H,2-3,8-11,13H2,1H3,(H2,21,25). The largest absolute Gasteiger partial charge is 0.364 e. The maximum absolute atomic E-state index is 13.3. The highest BCUT2D eigenvalue weighted by atomic mass is 35.5. The first kappa shape index (κ1) is 20.9. The fraction of sp³-hybridized carbons (Fsp3) is 0.421. The van der Waals surface area contributed by atoms with Crippen molar-refractivity contribution in [2.75, 3.05) is 26.2 Å². The third-order valence-electron chi connectivity index (χ3n) is 5.01. The van der Waals surface area contributed by atoms with Gasteiger partial charge in [0, 0.05) is 37.9 Å². The summed E-state index contributed by atoms with van der Waals surface area (Å²) >= 11 is 5.95. The molecular weight excluding hydrogens is 400 g/mol. The van der Waals surface area contributed by atoms with Crippen molar-refractivity contribution in [3.63, 3.8) is 0 Å². The first-order valence-corrected chi connectivity index (χ1v) is 11.0. The van der Waals surface area contributed by atoms with Crippen molar-refractivity contribution in [3.8, 4) is 0 Å². The molecule has 0 bridgehead atoms. The number of sulfonamides is 1. The monoisotopic (exact) mass is 424 g/mol. The molecule has 0 aliphatic carbocycles. The molecule has 1 amide bonds. The summed E-state index contributed by atoms with van der Waals surface area (Å²) in [6.45, 7) is 3.25. The van der Waals surface area contributed by atoms with Crippen molar-refractivity contribution in [1.29, 1.82) is 0 Å². The SMILES string of the molecule is Cn1cc(S(=O)(=O)N(CCN2CCCC2)Cc2ccc(Cl)cc2)cc1C(N)=O. The van der Waals surface area contributed by atoms with Gasteiger partial charge in [-0.15, -0.1) is 0 Å². The lowest BCUT2D eigenvalue weighted by Gasteiger charge is -2.24. The van der Waals surface area contributed by atoms with Gasteiger partial charge in [-0.3, -0.25) is 4.79 Å². The van der Waals surface area contributed by atoms with Crippen LogP contribution in [0.25, 0.3) is 0 Å². The van der Waals surface area contributed by atoms with Gasteiger partial charge in [-0.25, -0.2) is 8.42 Å². The first-order valence-electron chi connectivity index (χ1n) is 9.20. The summed E-state index contributed by atoms with van der Waals surface area (Å²) in [6.07, 6.45) is 3.72. The average Bonchev–Trinajstić information content (AvgIpc) is 3.29. The van der Waals surface area contributed by atoms with E-state index in [0.29, 0.717) is 18.1 Å². The Balaban J connectivity index is 1.87. The zero-order valence-corrected chi connectivity index (χ0v) is 17.4. The van der Waals surface area contributed by atoms with Gasteiger partial charge in [-0.1, -0.05) is 23.7 Å². The Bertz CT molecular complexity index is 935. The Morgan fingerprint density at radius 1 is 1.21 bits per heavy atom. The van der Waals surface area contributed by atoms with Gasteiger partial charge < -0.3 is 15.2 Å². The molecule has 2 heterocycles. The minimum atomic E-state index is -3.79. The predicted molar refractivity (Wildman–Crippen MR) is 109 cm³/mol. The van der Waals surface area contributed by atoms with Gasteiger partial charge in [-0.2, -0.15) is 4.31 Å². The van der Waals surface area contributed by atoms with Gasteiger partial charge in [0.2, 0.25) is 10.0 Å². The molecule has 1 aliphatic heterocycles. The second kappa shape index (κ2) is 8.65. The molecule has 0 radical (unpaired) electrons. The molecule has 2 aromatic rings. The molecule has 1 fully saturated rings. The summed E-state index contributed by atoms with van der Waals surface area (Å²) in [5, 5.41) is 0.601. The number of nitrogens with two attached hydrogens (primary N) is 1. The number of carbonyl (C=O) groups excluding carboxylic acids is 1. The van der Waals surface area contributed by atoms with E-state index < -0.39 is 15.9 Å². The number of likely N-dealkylation sites (tertiary alicyclic amines) is 1. The van der Waals surface area contributed by atoms with Gasteiger partial charge >= 0.3 is 0 Å². The van der Waals surface area contributed by atoms with Crippen LogP contribution in [0.4, 0.5) is 0 Å². The van der Waals surface area contributed by atoms with Gasteiger partial charge in [-0.05, 0) is 49.7 Å². The number of benzene rings is 1. The van der Waals surface area contributed by atoms with Gasteiger partial charge in [0.25, 0.3) is 5.91 Å². The molecule has 1 saturated heterocycles. The number of aromatic nitrogens is 1. The molecule has 0 saturated carbocycles. The fourth-order valence-electron chi connectivity index (χ4n) is 3.41. The maximum atomic E-state index is 13.3. The van der Waals surface area contributed by atoms with Crippen LogP contribution in [0, 0.1) is 0 Å². The van der Waals surface area contributed by atoms with E-state index in [9.17, 15) is 13.2 Å². The van der Waals surface area contributed by atoms with Crippen LogP contribution in [0.2, 0.25) is 5.02 Å². The zero-order valence-electron chi connectivity index (χ0n) is 15.8. The Kier molecular flexibility index (Phi) is 6.44. The third kappa shape index (κ3) is 4.75. The number of carbonyl (C=O) groups is 1. The van der Waals surface area contributed by atoms with Crippen LogP contribution in [-0.2, 0) is 23.6 Å². The number of hydrogen-bond acceptors (Lipinski definition) is 4. The summed E-state index contributed by atoms with van der Waals surface area (Å²) in [5.74, 6) is -0.662. The number of aryl methyl sites for hydroxylation is 1. The van der Waals surface area contributed by atoms with Crippen LogP contribution in [0.3, 0.4) is 0 Å². The second-order valence-electron chi connectivity index (χ2n) is 7.05. The van der Waals surface area contributed by atoms with E-state index in [4.69, 9.17) is 17.3 Å². The van der Waals surface area contributed by atoms with E-state index in [1.807, 2.05) is 12.1 Å². The van der Waals surface area contributed by atoms with Gasteiger partial charge in [0.15, 0.2) is 0 Å². The molecule has 3 rings (SSSR count). The van der Waals surface area contributed by atoms with E-state index in [2.05, 4.69) is 4.90 Å². The second-order valence-corrected chi connectivity index (χ2v) is 9.42. The summed E-state index contributed by atoms with van der Waals surface area (Å²) in [7, 11) is -2.19. The van der Waals surface area contributed by atoms with Crippen LogP contribution in [0.15, 0.2) is 41.4 Å². The van der Waals surface area contributed by atoms with Gasteiger partial charge in [0.1, 0.15) is 10.6 Å². The third-order valence-corrected chi connectivity index (χ3v) is 7.07. The zero-order chi connectivity index (χ0) is 20.3. The normalized spacial score (nSPS) is 15.4. The van der Waals surface area contributed by atoms with E-state index in [1.165, 1.54) is 21.1 Å². The number of amides is 1. The van der Waals surface area contributed by atoms with Crippen LogP contribution < -0.4 is 5.73 Å². The number of halogens is 1. The first-order chi connectivity index (χ1) is 13.3. The van der Waals surface area contributed by atoms with Crippen LogP contribution in [0.5, 0.6) is 0 Å². The number of nitrogens with zero attached hydrogens (tertiary/aromatic N) is 3. The van der Waals surface area contributed by atoms with Crippen molar-refractivity contribution in [2.24, 2.45) is 12.8 Å². The smallest absolute Gasteiger partial charge is 0.265 e. The summed E-state index contributed by atoms with van der Waals surface area (Å²) in [4.78, 5) is 13.9. The van der Waals surface area contributed by atoms with Crippen LogP contribution >= 0.6 is 11.6 Å². The van der Waals surface area contributed by atoms with Crippen molar-refractivity contribution in [3.05, 3.63) is 52.8 Å². The number of primary amides is 1. The highest BCUT2D eigenvalue weighted by Crippen LogP contribution is 2.22. The molecule has 28 heavy (non-hydrogen) atoms. The molecule has 152 valence electrons. The van der Waals surface area contributed by atoms with Crippen molar-refractivity contribution in [1.82, 2.24) is 13.8 Å². The van der Waals surface area contributed by atoms with E-state index >= 15 is 0 Å². The fourth-order valence-corrected chi connectivity index (χ4v) is 5.02. The molecule has 1 aromatic heterocycles. The molecule has 1 aliphatic rings. The minimum absolute atomic E-state index is 0.0687. The Labute approximate surface area is 170 Å². The Morgan fingerprint density at radius 3 is 2.43 bits per heavy atom. The summed E-state index contributed by atoms with van der Waals surface area (Å²) in [6, 6.07) is 8.47. The van der Waals surface area contributed by atoms with Crippen molar-refractivity contribution in [2.45, 2.75) is 24.3 Å². The molecule has 0 unspecified atom stereocenters. The lowest BCUT2D eigenvalue weighted by atomic mass is 10.2. The Hall–Kier alpha value is -1.87. The molecule has 1 aromatic carbocycles. The van der Waals surface area contributed by atoms with Crippen LogP contribution in [0.1, 0.15) is 28.9 Å². The quantitative estimate of drug-likeness (QED) is 0.702. The predicted octanol–water partition coefficient (Wildman–Crippen LogP) is 2.06. The number of rotatable bonds is 8. The molecule has 0 spiro atoms. The minimum Gasteiger partial charge on any atom is -0.364 e. The Morgan fingerprint density at radius 2 is 1.86 bits per heavy atom. The molecule has 0 atom stereocenters. The number of hydrogen-bond donors (Lipinski definition) is 1. The van der Waals surface area contributed by atoms with E-state index in [0.717, 1.165) is 31.5 Å². The molecule has 9 heteroatoms. The lowest BCUT2D eigenvalue weighted by Crippen LogP contribution is -2.37. The summed E-state index contributed by atoms with van der Waals surface area (Å²) in [5.41, 5.74) is 6.34. The topological polar surface area (TPSA) is 88.6 Å². The molecular formula is C19H25ClN4O3S. The summed E-state index contributed by atoms with van der Waals surface area (Å²) < 4.78 is 29.5.